The molecule has 2 heteroatoms. The smallest absolute Gasteiger partial charge is 0.180 e. The standard InChI is InChI=1S/C9H17NO/c1-4-5-9(3)6-7-10-8(2)11-9/h4-7H2,1-3H3. The zero-order valence-corrected chi connectivity index (χ0v) is 7.68. The first kappa shape index (κ1) is 8.57. The van der Waals surface area contributed by atoms with Crippen molar-refractivity contribution in [3.63, 3.8) is 0 Å². The van der Waals surface area contributed by atoms with Gasteiger partial charge in [-0.05, 0) is 13.3 Å². The molecule has 1 atom stereocenters. The Morgan fingerprint density at radius 2 is 2.36 bits per heavy atom. The van der Waals surface area contributed by atoms with E-state index in [4.69, 9.17) is 4.74 Å². The molecular weight excluding hydrogens is 138 g/mol. The van der Waals surface area contributed by atoms with E-state index < -0.39 is 0 Å². The molecule has 0 N–H and O–H groups in total. The maximum absolute atomic E-state index is 5.66. The van der Waals surface area contributed by atoms with Crippen LogP contribution in [0.3, 0.4) is 0 Å². The van der Waals surface area contributed by atoms with E-state index >= 15 is 0 Å². The van der Waals surface area contributed by atoms with Crippen molar-refractivity contribution in [1.82, 2.24) is 0 Å². The van der Waals surface area contributed by atoms with Crippen molar-refractivity contribution in [2.45, 2.75) is 45.6 Å². The van der Waals surface area contributed by atoms with E-state index in [0.29, 0.717) is 0 Å². The predicted octanol–water partition coefficient (Wildman–Crippen LogP) is 2.38. The Kier molecular flexibility index (Phi) is 2.53. The van der Waals surface area contributed by atoms with Crippen LogP contribution in [-0.2, 0) is 4.74 Å². The van der Waals surface area contributed by atoms with Crippen LogP contribution in [0.5, 0.6) is 0 Å². The quantitative estimate of drug-likeness (QED) is 0.600. The molecule has 0 fully saturated rings. The van der Waals surface area contributed by atoms with Crippen LogP contribution < -0.4 is 0 Å². The van der Waals surface area contributed by atoms with Gasteiger partial charge in [0.25, 0.3) is 0 Å². The number of ether oxygens (including phenoxy) is 1. The van der Waals surface area contributed by atoms with Crippen LogP contribution in [0.4, 0.5) is 0 Å². The van der Waals surface area contributed by atoms with Gasteiger partial charge in [-0.2, -0.15) is 0 Å². The van der Waals surface area contributed by atoms with E-state index in [-0.39, 0.29) is 5.60 Å². The molecule has 0 aromatic heterocycles. The summed E-state index contributed by atoms with van der Waals surface area (Å²) in [4.78, 5) is 4.20. The van der Waals surface area contributed by atoms with Gasteiger partial charge in [-0.3, -0.25) is 4.99 Å². The largest absolute Gasteiger partial charge is 0.475 e. The van der Waals surface area contributed by atoms with E-state index in [0.717, 1.165) is 25.3 Å². The first-order chi connectivity index (χ1) is 5.16. The average Bonchev–Trinajstić information content (AvgIpc) is 1.86. The van der Waals surface area contributed by atoms with Gasteiger partial charge in [-0.25, -0.2) is 0 Å². The number of aliphatic imine (C=N–C) groups is 1. The lowest BCUT2D eigenvalue weighted by Gasteiger charge is -2.32. The molecule has 1 aliphatic heterocycles. The van der Waals surface area contributed by atoms with Crippen LogP contribution in [0.15, 0.2) is 4.99 Å². The minimum atomic E-state index is 0.0700. The van der Waals surface area contributed by atoms with E-state index in [1.807, 2.05) is 6.92 Å². The van der Waals surface area contributed by atoms with Crippen molar-refractivity contribution in [3.05, 3.63) is 0 Å². The van der Waals surface area contributed by atoms with Gasteiger partial charge in [0.1, 0.15) is 5.60 Å². The Labute approximate surface area is 68.7 Å². The Balaban J connectivity index is 2.53. The van der Waals surface area contributed by atoms with Gasteiger partial charge < -0.3 is 4.74 Å². The molecule has 0 aliphatic carbocycles. The Bertz CT molecular complexity index is 165. The molecule has 0 bridgehead atoms. The molecule has 1 aliphatic rings. The Hall–Kier alpha value is -0.530. The van der Waals surface area contributed by atoms with Crippen molar-refractivity contribution in [1.29, 1.82) is 0 Å². The lowest BCUT2D eigenvalue weighted by atomic mass is 9.95. The normalized spacial score (nSPS) is 31.0. The van der Waals surface area contributed by atoms with Gasteiger partial charge in [0.05, 0.1) is 0 Å². The molecule has 0 aromatic rings. The van der Waals surface area contributed by atoms with Crippen molar-refractivity contribution < 1.29 is 4.74 Å². The number of rotatable bonds is 2. The number of nitrogens with zero attached hydrogens (tertiary/aromatic N) is 1. The molecule has 0 saturated carbocycles. The van der Waals surface area contributed by atoms with Gasteiger partial charge in [0, 0.05) is 19.9 Å². The Morgan fingerprint density at radius 1 is 1.64 bits per heavy atom. The summed E-state index contributed by atoms with van der Waals surface area (Å²) < 4.78 is 5.66. The van der Waals surface area contributed by atoms with Gasteiger partial charge >= 0.3 is 0 Å². The van der Waals surface area contributed by atoms with Gasteiger partial charge in [0.15, 0.2) is 5.90 Å². The summed E-state index contributed by atoms with van der Waals surface area (Å²) in [7, 11) is 0. The summed E-state index contributed by atoms with van der Waals surface area (Å²) in [5, 5.41) is 0. The molecule has 2 nitrogen and oxygen atoms in total. The summed E-state index contributed by atoms with van der Waals surface area (Å²) in [5.41, 5.74) is 0.0700. The molecule has 64 valence electrons. The fourth-order valence-electron chi connectivity index (χ4n) is 1.59. The van der Waals surface area contributed by atoms with E-state index in [9.17, 15) is 0 Å². The topological polar surface area (TPSA) is 21.6 Å². The fourth-order valence-corrected chi connectivity index (χ4v) is 1.59. The summed E-state index contributed by atoms with van der Waals surface area (Å²) in [5.74, 6) is 0.854. The minimum Gasteiger partial charge on any atom is -0.475 e. The fraction of sp³-hybridized carbons (Fsp3) is 0.889. The molecule has 0 amide bonds. The summed E-state index contributed by atoms with van der Waals surface area (Å²) in [6.07, 6.45) is 3.39. The molecule has 1 unspecified atom stereocenters. The highest BCUT2D eigenvalue weighted by Crippen LogP contribution is 2.25. The Morgan fingerprint density at radius 3 is 2.91 bits per heavy atom. The van der Waals surface area contributed by atoms with Crippen LogP contribution in [0.25, 0.3) is 0 Å². The van der Waals surface area contributed by atoms with Gasteiger partial charge in [-0.15, -0.1) is 0 Å². The highest BCUT2D eigenvalue weighted by Gasteiger charge is 2.27. The third kappa shape index (κ3) is 2.21. The van der Waals surface area contributed by atoms with Gasteiger partial charge in [0.2, 0.25) is 0 Å². The van der Waals surface area contributed by atoms with Crippen molar-refractivity contribution in [2.24, 2.45) is 4.99 Å². The third-order valence-corrected chi connectivity index (χ3v) is 2.15. The third-order valence-electron chi connectivity index (χ3n) is 2.15. The first-order valence-electron chi connectivity index (χ1n) is 4.36. The van der Waals surface area contributed by atoms with Crippen LogP contribution in [0, 0.1) is 0 Å². The van der Waals surface area contributed by atoms with E-state index in [1.54, 1.807) is 0 Å². The number of hydrogen-bond acceptors (Lipinski definition) is 2. The van der Waals surface area contributed by atoms with Crippen molar-refractivity contribution in [3.8, 4) is 0 Å². The highest BCUT2D eigenvalue weighted by molar-refractivity contribution is 5.74. The summed E-state index contributed by atoms with van der Waals surface area (Å²) in [6, 6.07) is 0. The zero-order valence-electron chi connectivity index (χ0n) is 7.68. The first-order valence-corrected chi connectivity index (χ1v) is 4.36. The monoisotopic (exact) mass is 155 g/mol. The highest BCUT2D eigenvalue weighted by atomic mass is 16.5. The van der Waals surface area contributed by atoms with Gasteiger partial charge in [-0.1, -0.05) is 13.3 Å². The van der Waals surface area contributed by atoms with E-state index in [2.05, 4.69) is 18.8 Å². The molecule has 0 radical (unpaired) electrons. The average molecular weight is 155 g/mol. The van der Waals surface area contributed by atoms with Crippen LogP contribution in [0.1, 0.15) is 40.0 Å². The molecule has 0 saturated heterocycles. The molecule has 11 heavy (non-hydrogen) atoms. The lowest BCUT2D eigenvalue weighted by Crippen LogP contribution is -2.34. The van der Waals surface area contributed by atoms with Crippen LogP contribution in [-0.4, -0.2) is 18.0 Å². The van der Waals surface area contributed by atoms with Crippen molar-refractivity contribution >= 4 is 5.90 Å². The molecule has 1 rings (SSSR count). The molecule has 1 heterocycles. The SMILES string of the molecule is CCCC1(C)CCN=C(C)O1. The second-order valence-corrected chi connectivity index (χ2v) is 3.45. The van der Waals surface area contributed by atoms with Crippen LogP contribution in [0.2, 0.25) is 0 Å². The molecule has 0 aromatic carbocycles. The van der Waals surface area contributed by atoms with Crippen molar-refractivity contribution in [2.75, 3.05) is 6.54 Å². The number of hydrogen-bond donors (Lipinski definition) is 0. The minimum absolute atomic E-state index is 0.0700. The lowest BCUT2D eigenvalue weighted by molar-refractivity contribution is 0.0465. The second kappa shape index (κ2) is 3.24. The zero-order chi connectivity index (χ0) is 8.32. The van der Waals surface area contributed by atoms with E-state index in [1.165, 1.54) is 6.42 Å². The summed E-state index contributed by atoms with van der Waals surface area (Å²) >= 11 is 0. The van der Waals surface area contributed by atoms with Crippen LogP contribution >= 0.6 is 0 Å². The predicted molar refractivity (Wildman–Crippen MR) is 47.0 cm³/mol. The molecule has 0 spiro atoms. The summed E-state index contributed by atoms with van der Waals surface area (Å²) in [6.45, 7) is 7.24. The maximum Gasteiger partial charge on any atom is 0.180 e. The maximum atomic E-state index is 5.66. The molecular formula is C9H17NO. The second-order valence-electron chi connectivity index (χ2n) is 3.45.